The lowest BCUT2D eigenvalue weighted by atomic mass is 9.87. The molecule has 148 valence electrons. The Morgan fingerprint density at radius 3 is 2.29 bits per heavy atom. The highest BCUT2D eigenvalue weighted by Crippen LogP contribution is 2.22. The third-order valence-corrected chi connectivity index (χ3v) is 4.37. The van der Waals surface area contributed by atoms with E-state index >= 15 is 0 Å². The molecule has 1 N–H and O–H groups in total. The molecule has 0 saturated carbocycles. The largest absolute Gasteiger partial charge is 0.455 e. The first kappa shape index (κ1) is 21.6. The van der Waals surface area contributed by atoms with Crippen LogP contribution in [0.3, 0.4) is 0 Å². The van der Waals surface area contributed by atoms with Crippen LogP contribution in [-0.2, 0) is 26.2 Å². The minimum atomic E-state index is -0.830. The van der Waals surface area contributed by atoms with E-state index in [0.717, 1.165) is 5.56 Å². The molecule has 0 heterocycles. The Morgan fingerprint density at radius 2 is 1.71 bits per heavy atom. The fourth-order valence-corrected chi connectivity index (χ4v) is 2.63. The van der Waals surface area contributed by atoms with Crippen molar-refractivity contribution in [3.05, 3.63) is 70.0 Å². The minimum absolute atomic E-state index is 0.00964. The normalized spacial score (nSPS) is 11.0. The molecule has 0 fully saturated rings. The number of imide groups is 1. The quantitative estimate of drug-likeness (QED) is 0.767. The summed E-state index contributed by atoms with van der Waals surface area (Å²) >= 11 is 5.84. The first-order chi connectivity index (χ1) is 13.1. The number of amides is 2. The Labute approximate surface area is 167 Å². The monoisotopic (exact) mass is 405 g/mol. The first-order valence-corrected chi connectivity index (χ1v) is 8.99. The average Bonchev–Trinajstić information content (AvgIpc) is 2.62. The van der Waals surface area contributed by atoms with Crippen molar-refractivity contribution in [2.75, 3.05) is 6.61 Å². The lowest BCUT2D eigenvalue weighted by molar-refractivity contribution is -0.147. The molecule has 7 heteroatoms. The Bertz CT molecular complexity index is 868. The number of carbonyl (C=O) groups is 3. The lowest BCUT2D eigenvalue weighted by Crippen LogP contribution is -2.34. The van der Waals surface area contributed by atoms with Gasteiger partial charge in [0, 0.05) is 16.1 Å². The van der Waals surface area contributed by atoms with Crippen LogP contribution in [0.4, 0.5) is 4.39 Å². The van der Waals surface area contributed by atoms with Crippen LogP contribution in [0, 0.1) is 5.82 Å². The highest BCUT2D eigenvalue weighted by Gasteiger charge is 2.17. The van der Waals surface area contributed by atoms with Crippen LogP contribution in [-0.4, -0.2) is 24.4 Å². The van der Waals surface area contributed by atoms with Crippen LogP contribution in [0.1, 0.15) is 42.3 Å². The topological polar surface area (TPSA) is 72.5 Å². The van der Waals surface area contributed by atoms with Crippen molar-refractivity contribution in [1.29, 1.82) is 0 Å². The smallest absolute Gasteiger partial charge is 0.310 e. The van der Waals surface area contributed by atoms with Gasteiger partial charge in [-0.05, 0) is 35.2 Å². The molecule has 28 heavy (non-hydrogen) atoms. The number of hydrogen-bond acceptors (Lipinski definition) is 4. The predicted octanol–water partition coefficient (Wildman–Crippen LogP) is 3.82. The van der Waals surface area contributed by atoms with Gasteiger partial charge in [0.05, 0.1) is 6.42 Å². The van der Waals surface area contributed by atoms with Crippen molar-refractivity contribution in [2.45, 2.75) is 32.6 Å². The molecule has 2 aromatic carbocycles. The zero-order chi connectivity index (χ0) is 20.9. The van der Waals surface area contributed by atoms with E-state index in [0.29, 0.717) is 5.56 Å². The molecular weight excluding hydrogens is 385 g/mol. The molecule has 0 spiro atoms. The van der Waals surface area contributed by atoms with Crippen molar-refractivity contribution in [2.24, 2.45) is 0 Å². The van der Waals surface area contributed by atoms with E-state index in [-0.39, 0.29) is 16.0 Å². The fourth-order valence-electron chi connectivity index (χ4n) is 2.40. The molecule has 2 aromatic rings. The van der Waals surface area contributed by atoms with Crippen molar-refractivity contribution in [1.82, 2.24) is 5.32 Å². The van der Waals surface area contributed by atoms with Crippen LogP contribution in [0.15, 0.2) is 42.5 Å². The summed E-state index contributed by atoms with van der Waals surface area (Å²) in [7, 11) is 0. The Balaban J connectivity index is 1.86. The summed E-state index contributed by atoms with van der Waals surface area (Å²) in [5, 5.41) is 2.23. The summed E-state index contributed by atoms with van der Waals surface area (Å²) in [6, 6.07) is 10.9. The number of nitrogens with one attached hydrogen (secondary N) is 1. The summed E-state index contributed by atoms with van der Waals surface area (Å²) in [5.74, 6) is -2.84. The van der Waals surface area contributed by atoms with Crippen LogP contribution >= 0.6 is 11.6 Å². The highest BCUT2D eigenvalue weighted by molar-refractivity contribution is 6.31. The third kappa shape index (κ3) is 5.89. The number of rotatable bonds is 5. The first-order valence-electron chi connectivity index (χ1n) is 8.61. The molecule has 0 aliphatic carbocycles. The van der Waals surface area contributed by atoms with Crippen molar-refractivity contribution >= 4 is 29.4 Å². The fraction of sp³-hybridized carbons (Fsp3) is 0.286. The Hall–Kier alpha value is -2.73. The van der Waals surface area contributed by atoms with Gasteiger partial charge in [-0.25, -0.2) is 4.39 Å². The molecule has 0 atom stereocenters. The summed E-state index contributed by atoms with van der Waals surface area (Å²) in [6.45, 7) is 5.49. The Morgan fingerprint density at radius 1 is 1.07 bits per heavy atom. The minimum Gasteiger partial charge on any atom is -0.455 e. The van der Waals surface area contributed by atoms with E-state index in [1.165, 1.54) is 18.2 Å². The van der Waals surface area contributed by atoms with E-state index in [1.54, 1.807) is 12.1 Å². The average molecular weight is 406 g/mol. The van der Waals surface area contributed by atoms with Crippen molar-refractivity contribution < 1.29 is 23.5 Å². The maximum atomic E-state index is 13.7. The number of hydrogen-bond donors (Lipinski definition) is 1. The van der Waals surface area contributed by atoms with Gasteiger partial charge in [-0.1, -0.05) is 50.6 Å². The molecule has 0 unspecified atom stereocenters. The molecule has 0 aliphatic rings. The van der Waals surface area contributed by atoms with Gasteiger partial charge in [-0.15, -0.1) is 0 Å². The summed E-state index contributed by atoms with van der Waals surface area (Å²) in [5.41, 5.74) is 1.30. The molecule has 0 saturated heterocycles. The van der Waals surface area contributed by atoms with Gasteiger partial charge >= 0.3 is 5.97 Å². The van der Waals surface area contributed by atoms with Gasteiger partial charge in [0.1, 0.15) is 5.82 Å². The summed E-state index contributed by atoms with van der Waals surface area (Å²) < 4.78 is 18.4. The van der Waals surface area contributed by atoms with Gasteiger partial charge in [0.2, 0.25) is 0 Å². The van der Waals surface area contributed by atoms with Gasteiger partial charge in [0.15, 0.2) is 6.61 Å². The summed E-state index contributed by atoms with van der Waals surface area (Å²) in [6.07, 6.45) is -0.416. The molecule has 0 radical (unpaired) electrons. The SMILES string of the molecule is CC(C)(C)c1ccc(C(=O)NC(=O)COC(=O)Cc2c(F)cccc2Cl)cc1. The zero-order valence-electron chi connectivity index (χ0n) is 15.8. The standard InChI is InChI=1S/C21H21ClFNO4/c1-21(2,3)14-9-7-13(8-10-14)20(27)24-18(25)12-28-19(26)11-15-16(22)5-4-6-17(15)23/h4-10H,11-12H2,1-3H3,(H,24,25,27). The number of ether oxygens (including phenoxy) is 1. The second-order valence-corrected chi connectivity index (χ2v) is 7.65. The third-order valence-electron chi connectivity index (χ3n) is 4.01. The molecule has 5 nitrogen and oxygen atoms in total. The van der Waals surface area contributed by atoms with E-state index < -0.39 is 36.6 Å². The van der Waals surface area contributed by atoms with Gasteiger partial charge in [0.25, 0.3) is 11.8 Å². The van der Waals surface area contributed by atoms with E-state index in [1.807, 2.05) is 12.1 Å². The number of esters is 1. The summed E-state index contributed by atoms with van der Waals surface area (Å²) in [4.78, 5) is 35.7. The number of carbonyl (C=O) groups excluding carboxylic acids is 3. The number of halogens is 2. The molecule has 0 aromatic heterocycles. The Kier molecular flexibility index (Phi) is 6.91. The van der Waals surface area contributed by atoms with Crippen LogP contribution < -0.4 is 5.32 Å². The van der Waals surface area contributed by atoms with E-state index in [4.69, 9.17) is 16.3 Å². The van der Waals surface area contributed by atoms with Crippen molar-refractivity contribution in [3.63, 3.8) is 0 Å². The second kappa shape index (κ2) is 8.97. The maximum Gasteiger partial charge on any atom is 0.310 e. The highest BCUT2D eigenvalue weighted by atomic mass is 35.5. The zero-order valence-corrected chi connectivity index (χ0v) is 16.6. The van der Waals surface area contributed by atoms with E-state index in [2.05, 4.69) is 26.1 Å². The second-order valence-electron chi connectivity index (χ2n) is 7.24. The molecule has 2 rings (SSSR count). The number of benzene rings is 2. The van der Waals surface area contributed by atoms with Gasteiger partial charge in [-0.3, -0.25) is 19.7 Å². The predicted molar refractivity (Wildman–Crippen MR) is 104 cm³/mol. The van der Waals surface area contributed by atoms with Gasteiger partial charge < -0.3 is 4.74 Å². The lowest BCUT2D eigenvalue weighted by Gasteiger charge is -2.19. The van der Waals surface area contributed by atoms with Crippen LogP contribution in [0.5, 0.6) is 0 Å². The molecular formula is C21H21ClFNO4. The van der Waals surface area contributed by atoms with Gasteiger partial charge in [-0.2, -0.15) is 0 Å². The van der Waals surface area contributed by atoms with E-state index in [9.17, 15) is 18.8 Å². The van der Waals surface area contributed by atoms with Crippen LogP contribution in [0.25, 0.3) is 0 Å². The van der Waals surface area contributed by atoms with Crippen LogP contribution in [0.2, 0.25) is 5.02 Å². The molecule has 2 amide bonds. The molecule has 0 bridgehead atoms. The van der Waals surface area contributed by atoms with Crippen molar-refractivity contribution in [3.8, 4) is 0 Å². The molecule has 0 aliphatic heterocycles. The maximum absolute atomic E-state index is 13.7.